The SMILES string of the molecule is CNCc1cc(-c2cncc(OC(C)C)c2)cs1. The van der Waals surface area contributed by atoms with Crippen molar-refractivity contribution in [3.8, 4) is 16.9 Å². The fourth-order valence-electron chi connectivity index (χ4n) is 1.71. The van der Waals surface area contributed by atoms with Crippen LogP contribution in [0.1, 0.15) is 18.7 Å². The molecule has 0 aromatic carbocycles. The minimum Gasteiger partial charge on any atom is -0.489 e. The quantitative estimate of drug-likeness (QED) is 0.897. The Kier molecular flexibility index (Phi) is 4.33. The van der Waals surface area contributed by atoms with E-state index in [9.17, 15) is 0 Å². The van der Waals surface area contributed by atoms with Gasteiger partial charge in [0.25, 0.3) is 0 Å². The first-order valence-electron chi connectivity index (χ1n) is 6.03. The van der Waals surface area contributed by atoms with Crippen molar-refractivity contribution in [3.05, 3.63) is 34.8 Å². The third-order valence-corrected chi connectivity index (χ3v) is 3.36. The average Bonchev–Trinajstić information content (AvgIpc) is 2.78. The Labute approximate surface area is 112 Å². The summed E-state index contributed by atoms with van der Waals surface area (Å²) >= 11 is 1.76. The second kappa shape index (κ2) is 5.98. The number of rotatable bonds is 5. The zero-order valence-corrected chi connectivity index (χ0v) is 11.8. The molecule has 0 spiro atoms. The van der Waals surface area contributed by atoms with Gasteiger partial charge in [0.05, 0.1) is 12.3 Å². The zero-order chi connectivity index (χ0) is 13.0. The fraction of sp³-hybridized carbons (Fsp3) is 0.357. The summed E-state index contributed by atoms with van der Waals surface area (Å²) in [4.78, 5) is 5.56. The van der Waals surface area contributed by atoms with Gasteiger partial charge in [0.15, 0.2) is 0 Å². The van der Waals surface area contributed by atoms with Crippen molar-refractivity contribution in [2.24, 2.45) is 0 Å². The van der Waals surface area contributed by atoms with Gasteiger partial charge in [-0.2, -0.15) is 0 Å². The highest BCUT2D eigenvalue weighted by Gasteiger charge is 2.05. The van der Waals surface area contributed by atoms with E-state index in [1.807, 2.05) is 33.2 Å². The predicted molar refractivity (Wildman–Crippen MR) is 76.1 cm³/mol. The molecule has 0 radical (unpaired) electrons. The summed E-state index contributed by atoms with van der Waals surface area (Å²) in [5, 5.41) is 5.31. The molecule has 0 unspecified atom stereocenters. The van der Waals surface area contributed by atoms with Crippen LogP contribution in [0.4, 0.5) is 0 Å². The highest BCUT2D eigenvalue weighted by Crippen LogP contribution is 2.27. The maximum Gasteiger partial charge on any atom is 0.138 e. The van der Waals surface area contributed by atoms with Gasteiger partial charge in [-0.3, -0.25) is 4.98 Å². The Bertz CT molecular complexity index is 508. The van der Waals surface area contributed by atoms with Crippen LogP contribution in [0.3, 0.4) is 0 Å². The summed E-state index contributed by atoms with van der Waals surface area (Å²) in [5.74, 6) is 0.823. The van der Waals surface area contributed by atoms with E-state index >= 15 is 0 Å². The van der Waals surface area contributed by atoms with Gasteiger partial charge < -0.3 is 10.1 Å². The van der Waals surface area contributed by atoms with Crippen molar-refractivity contribution in [2.45, 2.75) is 26.5 Å². The molecule has 2 aromatic rings. The molecule has 0 fully saturated rings. The van der Waals surface area contributed by atoms with E-state index in [2.05, 4.69) is 21.7 Å². The van der Waals surface area contributed by atoms with Gasteiger partial charge in [0, 0.05) is 23.2 Å². The lowest BCUT2D eigenvalue weighted by Crippen LogP contribution is -2.05. The summed E-state index contributed by atoms with van der Waals surface area (Å²) in [7, 11) is 1.96. The molecule has 0 saturated heterocycles. The Morgan fingerprint density at radius 1 is 1.28 bits per heavy atom. The third kappa shape index (κ3) is 3.31. The molecule has 0 aliphatic heterocycles. The highest BCUT2D eigenvalue weighted by molar-refractivity contribution is 7.10. The number of aromatic nitrogens is 1. The standard InChI is InChI=1S/C14H18N2OS/c1-10(2)17-13-4-11(6-16-7-13)12-5-14(8-15-3)18-9-12/h4-7,9-10,15H,8H2,1-3H3. The molecule has 18 heavy (non-hydrogen) atoms. The maximum atomic E-state index is 5.66. The molecule has 2 aromatic heterocycles. The Morgan fingerprint density at radius 3 is 2.83 bits per heavy atom. The van der Waals surface area contributed by atoms with Gasteiger partial charge in [0.2, 0.25) is 0 Å². The van der Waals surface area contributed by atoms with E-state index in [1.165, 1.54) is 10.4 Å². The summed E-state index contributed by atoms with van der Waals surface area (Å²) < 4.78 is 5.66. The monoisotopic (exact) mass is 262 g/mol. The van der Waals surface area contributed by atoms with Crippen molar-refractivity contribution in [1.29, 1.82) is 0 Å². The van der Waals surface area contributed by atoms with Crippen molar-refractivity contribution >= 4 is 11.3 Å². The smallest absolute Gasteiger partial charge is 0.138 e. The second-order valence-electron chi connectivity index (χ2n) is 4.41. The number of nitrogens with one attached hydrogen (secondary N) is 1. The molecule has 4 heteroatoms. The summed E-state index contributed by atoms with van der Waals surface area (Å²) in [5.41, 5.74) is 2.30. The van der Waals surface area contributed by atoms with E-state index in [0.717, 1.165) is 17.9 Å². The van der Waals surface area contributed by atoms with Crippen LogP contribution < -0.4 is 10.1 Å². The van der Waals surface area contributed by atoms with Gasteiger partial charge in [-0.1, -0.05) is 0 Å². The van der Waals surface area contributed by atoms with Gasteiger partial charge >= 0.3 is 0 Å². The van der Waals surface area contributed by atoms with Crippen LogP contribution in [0.15, 0.2) is 29.9 Å². The maximum absolute atomic E-state index is 5.66. The molecule has 96 valence electrons. The van der Waals surface area contributed by atoms with Crippen molar-refractivity contribution < 1.29 is 4.74 Å². The van der Waals surface area contributed by atoms with Gasteiger partial charge in [0.1, 0.15) is 5.75 Å². The van der Waals surface area contributed by atoms with Crippen molar-refractivity contribution in [3.63, 3.8) is 0 Å². The Balaban J connectivity index is 2.21. The van der Waals surface area contributed by atoms with Crippen LogP contribution in [0.2, 0.25) is 0 Å². The highest BCUT2D eigenvalue weighted by atomic mass is 32.1. The number of nitrogens with zero attached hydrogens (tertiary/aromatic N) is 1. The molecule has 2 heterocycles. The van der Waals surface area contributed by atoms with E-state index in [-0.39, 0.29) is 6.10 Å². The van der Waals surface area contributed by atoms with Crippen molar-refractivity contribution in [2.75, 3.05) is 7.05 Å². The lowest BCUT2D eigenvalue weighted by atomic mass is 10.1. The minimum atomic E-state index is 0.171. The number of pyridine rings is 1. The first-order chi connectivity index (χ1) is 8.69. The number of hydrogen-bond donors (Lipinski definition) is 1. The summed E-state index contributed by atoms with van der Waals surface area (Å²) in [6.07, 6.45) is 3.80. The first-order valence-corrected chi connectivity index (χ1v) is 6.91. The van der Waals surface area contributed by atoms with Gasteiger partial charge in [-0.25, -0.2) is 0 Å². The molecule has 0 aliphatic rings. The van der Waals surface area contributed by atoms with E-state index in [0.29, 0.717) is 0 Å². The molecule has 1 N–H and O–H groups in total. The molecule has 3 nitrogen and oxygen atoms in total. The first kappa shape index (κ1) is 13.1. The topological polar surface area (TPSA) is 34.2 Å². The van der Waals surface area contributed by atoms with Crippen LogP contribution in [-0.2, 0) is 6.54 Å². The van der Waals surface area contributed by atoms with Crippen LogP contribution >= 0.6 is 11.3 Å². The Morgan fingerprint density at radius 2 is 2.11 bits per heavy atom. The van der Waals surface area contributed by atoms with Crippen LogP contribution in [-0.4, -0.2) is 18.1 Å². The minimum absolute atomic E-state index is 0.171. The molecular formula is C14H18N2OS. The number of hydrogen-bond acceptors (Lipinski definition) is 4. The largest absolute Gasteiger partial charge is 0.489 e. The molecule has 0 bridgehead atoms. The van der Waals surface area contributed by atoms with E-state index in [1.54, 1.807) is 17.5 Å². The van der Waals surface area contributed by atoms with Gasteiger partial charge in [-0.05, 0) is 44.0 Å². The van der Waals surface area contributed by atoms with Crippen molar-refractivity contribution in [1.82, 2.24) is 10.3 Å². The average molecular weight is 262 g/mol. The van der Waals surface area contributed by atoms with Crippen LogP contribution in [0.25, 0.3) is 11.1 Å². The van der Waals surface area contributed by atoms with Crippen LogP contribution in [0, 0.1) is 0 Å². The van der Waals surface area contributed by atoms with E-state index < -0.39 is 0 Å². The summed E-state index contributed by atoms with van der Waals surface area (Å²) in [6, 6.07) is 4.23. The molecule has 0 amide bonds. The second-order valence-corrected chi connectivity index (χ2v) is 5.40. The normalized spacial score (nSPS) is 10.9. The molecular weight excluding hydrogens is 244 g/mol. The van der Waals surface area contributed by atoms with Gasteiger partial charge in [-0.15, -0.1) is 11.3 Å². The summed E-state index contributed by atoms with van der Waals surface area (Å²) in [6.45, 7) is 4.94. The fourth-order valence-corrected chi connectivity index (χ4v) is 2.62. The predicted octanol–water partition coefficient (Wildman–Crippen LogP) is 3.32. The molecule has 0 saturated carbocycles. The molecule has 2 rings (SSSR count). The van der Waals surface area contributed by atoms with E-state index in [4.69, 9.17) is 4.74 Å². The Hall–Kier alpha value is -1.39. The molecule has 0 atom stereocenters. The third-order valence-electron chi connectivity index (χ3n) is 2.42. The lowest BCUT2D eigenvalue weighted by molar-refractivity contribution is 0.241. The number of thiophene rings is 1. The molecule has 0 aliphatic carbocycles. The zero-order valence-electron chi connectivity index (χ0n) is 10.9. The number of ether oxygens (including phenoxy) is 1. The lowest BCUT2D eigenvalue weighted by Gasteiger charge is -2.09. The van der Waals surface area contributed by atoms with Crippen LogP contribution in [0.5, 0.6) is 5.75 Å².